The molecule has 0 aromatic carbocycles. The maximum absolute atomic E-state index is 4.61. The summed E-state index contributed by atoms with van der Waals surface area (Å²) >= 11 is 1.77. The number of aromatic nitrogens is 1. The molecule has 1 aromatic heterocycles. The van der Waals surface area contributed by atoms with E-state index >= 15 is 0 Å². The number of rotatable bonds is 5. The molecular formula is C14H23N3S. The Bertz CT molecular complexity index is 380. The first-order valence-corrected chi connectivity index (χ1v) is 8.05. The van der Waals surface area contributed by atoms with Gasteiger partial charge in [0.05, 0.1) is 10.7 Å². The van der Waals surface area contributed by atoms with E-state index in [2.05, 4.69) is 27.5 Å². The van der Waals surface area contributed by atoms with E-state index in [1.807, 2.05) is 0 Å². The lowest BCUT2D eigenvalue weighted by molar-refractivity contribution is 0.191. The molecule has 0 radical (unpaired) electrons. The van der Waals surface area contributed by atoms with Gasteiger partial charge in [0, 0.05) is 24.5 Å². The third-order valence-electron chi connectivity index (χ3n) is 3.99. The summed E-state index contributed by atoms with van der Waals surface area (Å²) in [5.41, 5.74) is 1.27. The van der Waals surface area contributed by atoms with Crippen molar-refractivity contribution in [2.75, 3.05) is 19.6 Å². The number of piperidine rings is 1. The summed E-state index contributed by atoms with van der Waals surface area (Å²) in [5.74, 6) is 0.846. The van der Waals surface area contributed by atoms with Crippen LogP contribution < -0.4 is 5.32 Å². The van der Waals surface area contributed by atoms with Crippen LogP contribution in [-0.2, 0) is 6.54 Å². The smallest absolute Gasteiger partial charge is 0.0897 e. The molecule has 2 aliphatic rings. The van der Waals surface area contributed by atoms with E-state index in [9.17, 15) is 0 Å². The molecule has 2 fully saturated rings. The second-order valence-corrected chi connectivity index (χ2v) is 6.79. The standard InChI is InChI=1S/C14H23N3S/c1-11-16-13(10-18-11)9-17(14-4-5-14)8-12-3-2-6-15-7-12/h10,12,14-15H,2-9H2,1H3. The number of nitrogens with one attached hydrogen (secondary N) is 1. The molecule has 2 heterocycles. The summed E-state index contributed by atoms with van der Waals surface area (Å²) in [5, 5.41) is 6.95. The van der Waals surface area contributed by atoms with Crippen LogP contribution in [0, 0.1) is 12.8 Å². The zero-order chi connectivity index (χ0) is 12.4. The Hall–Kier alpha value is -0.450. The fourth-order valence-electron chi connectivity index (χ4n) is 2.88. The van der Waals surface area contributed by atoms with Crippen molar-refractivity contribution in [3.63, 3.8) is 0 Å². The van der Waals surface area contributed by atoms with Crippen LogP contribution >= 0.6 is 11.3 Å². The van der Waals surface area contributed by atoms with Crippen LogP contribution in [0.25, 0.3) is 0 Å². The average Bonchev–Trinajstić information content (AvgIpc) is 3.15. The average molecular weight is 265 g/mol. The third-order valence-corrected chi connectivity index (χ3v) is 4.81. The Balaban J connectivity index is 1.57. The van der Waals surface area contributed by atoms with Crippen LogP contribution in [0.4, 0.5) is 0 Å². The van der Waals surface area contributed by atoms with Gasteiger partial charge in [-0.1, -0.05) is 0 Å². The second kappa shape index (κ2) is 5.68. The van der Waals surface area contributed by atoms with Crippen LogP contribution in [0.5, 0.6) is 0 Å². The van der Waals surface area contributed by atoms with E-state index in [4.69, 9.17) is 0 Å². The van der Waals surface area contributed by atoms with Gasteiger partial charge >= 0.3 is 0 Å². The van der Waals surface area contributed by atoms with Crippen molar-refractivity contribution in [1.29, 1.82) is 0 Å². The van der Waals surface area contributed by atoms with E-state index in [1.54, 1.807) is 11.3 Å². The first kappa shape index (κ1) is 12.6. The van der Waals surface area contributed by atoms with Gasteiger partial charge in [0.25, 0.3) is 0 Å². The predicted molar refractivity (Wildman–Crippen MR) is 75.9 cm³/mol. The first-order chi connectivity index (χ1) is 8.81. The predicted octanol–water partition coefficient (Wildman–Crippen LogP) is 2.42. The van der Waals surface area contributed by atoms with E-state index in [0.29, 0.717) is 0 Å². The molecule has 1 atom stereocenters. The van der Waals surface area contributed by atoms with Crippen molar-refractivity contribution in [3.05, 3.63) is 16.1 Å². The quantitative estimate of drug-likeness (QED) is 0.886. The molecule has 1 aromatic rings. The van der Waals surface area contributed by atoms with Gasteiger partial charge in [-0.05, 0) is 51.6 Å². The summed E-state index contributed by atoms with van der Waals surface area (Å²) in [6, 6.07) is 0.842. The molecule has 4 heteroatoms. The summed E-state index contributed by atoms with van der Waals surface area (Å²) in [7, 11) is 0. The van der Waals surface area contributed by atoms with E-state index in [-0.39, 0.29) is 0 Å². The second-order valence-electron chi connectivity index (χ2n) is 5.73. The van der Waals surface area contributed by atoms with Gasteiger partial charge < -0.3 is 5.32 Å². The molecule has 0 bridgehead atoms. The normalized spacial score (nSPS) is 24.7. The minimum absolute atomic E-state index is 0.842. The highest BCUT2D eigenvalue weighted by Crippen LogP contribution is 2.30. The highest BCUT2D eigenvalue weighted by atomic mass is 32.1. The number of thiazole rings is 1. The number of hydrogen-bond acceptors (Lipinski definition) is 4. The molecular weight excluding hydrogens is 242 g/mol. The van der Waals surface area contributed by atoms with Crippen molar-refractivity contribution in [2.45, 2.75) is 45.2 Å². The molecule has 1 saturated carbocycles. The minimum atomic E-state index is 0.842. The first-order valence-electron chi connectivity index (χ1n) is 7.17. The third kappa shape index (κ3) is 3.31. The summed E-state index contributed by atoms with van der Waals surface area (Å²) in [6.07, 6.45) is 5.53. The van der Waals surface area contributed by atoms with Gasteiger partial charge in [0.2, 0.25) is 0 Å². The van der Waals surface area contributed by atoms with Gasteiger partial charge in [-0.2, -0.15) is 0 Å². The fraction of sp³-hybridized carbons (Fsp3) is 0.786. The molecule has 0 amide bonds. The van der Waals surface area contributed by atoms with Crippen LogP contribution in [0.2, 0.25) is 0 Å². The lowest BCUT2D eigenvalue weighted by atomic mass is 9.99. The molecule has 18 heavy (non-hydrogen) atoms. The van der Waals surface area contributed by atoms with Crippen molar-refractivity contribution in [1.82, 2.24) is 15.2 Å². The van der Waals surface area contributed by atoms with E-state index in [0.717, 1.165) is 18.5 Å². The Morgan fingerprint density at radius 3 is 2.94 bits per heavy atom. The number of hydrogen-bond donors (Lipinski definition) is 1. The van der Waals surface area contributed by atoms with Crippen LogP contribution in [0.1, 0.15) is 36.4 Å². The molecule has 1 aliphatic heterocycles. The molecule has 1 N–H and O–H groups in total. The zero-order valence-electron chi connectivity index (χ0n) is 11.2. The molecule has 1 unspecified atom stereocenters. The van der Waals surface area contributed by atoms with Crippen LogP contribution in [0.3, 0.4) is 0 Å². The molecule has 3 nitrogen and oxygen atoms in total. The Morgan fingerprint density at radius 2 is 2.33 bits per heavy atom. The van der Waals surface area contributed by atoms with E-state index in [1.165, 1.54) is 56.0 Å². The minimum Gasteiger partial charge on any atom is -0.316 e. The highest BCUT2D eigenvalue weighted by Gasteiger charge is 2.31. The summed E-state index contributed by atoms with van der Waals surface area (Å²) in [4.78, 5) is 7.29. The van der Waals surface area contributed by atoms with Crippen molar-refractivity contribution in [3.8, 4) is 0 Å². The Morgan fingerprint density at radius 1 is 1.44 bits per heavy atom. The number of nitrogens with zero attached hydrogens (tertiary/aromatic N) is 2. The molecule has 100 valence electrons. The summed E-state index contributed by atoms with van der Waals surface area (Å²) < 4.78 is 0. The largest absolute Gasteiger partial charge is 0.316 e. The Labute approximate surface area is 114 Å². The topological polar surface area (TPSA) is 28.2 Å². The van der Waals surface area contributed by atoms with Crippen molar-refractivity contribution >= 4 is 11.3 Å². The lowest BCUT2D eigenvalue weighted by Gasteiger charge is -2.29. The van der Waals surface area contributed by atoms with E-state index < -0.39 is 0 Å². The molecule has 3 rings (SSSR count). The lowest BCUT2D eigenvalue weighted by Crippen LogP contribution is -2.39. The van der Waals surface area contributed by atoms with Gasteiger partial charge in [0.15, 0.2) is 0 Å². The fourth-order valence-corrected chi connectivity index (χ4v) is 3.49. The van der Waals surface area contributed by atoms with Gasteiger partial charge in [-0.3, -0.25) is 4.90 Å². The van der Waals surface area contributed by atoms with Gasteiger partial charge in [-0.25, -0.2) is 4.98 Å². The Kier molecular flexibility index (Phi) is 3.97. The van der Waals surface area contributed by atoms with Crippen LogP contribution in [-0.4, -0.2) is 35.6 Å². The monoisotopic (exact) mass is 265 g/mol. The maximum atomic E-state index is 4.61. The van der Waals surface area contributed by atoms with Crippen molar-refractivity contribution < 1.29 is 0 Å². The number of aryl methyl sites for hydroxylation is 1. The van der Waals surface area contributed by atoms with Crippen LogP contribution in [0.15, 0.2) is 5.38 Å². The highest BCUT2D eigenvalue weighted by molar-refractivity contribution is 7.09. The zero-order valence-corrected chi connectivity index (χ0v) is 12.0. The van der Waals surface area contributed by atoms with Gasteiger partial charge in [-0.15, -0.1) is 11.3 Å². The molecule has 1 saturated heterocycles. The maximum Gasteiger partial charge on any atom is 0.0897 e. The van der Waals surface area contributed by atoms with Gasteiger partial charge in [0.1, 0.15) is 0 Å². The summed E-state index contributed by atoms with van der Waals surface area (Å²) in [6.45, 7) is 6.84. The van der Waals surface area contributed by atoms with Crippen molar-refractivity contribution in [2.24, 2.45) is 5.92 Å². The molecule has 0 spiro atoms. The molecule has 1 aliphatic carbocycles. The SMILES string of the molecule is Cc1nc(CN(CC2CCCNC2)C2CC2)cs1.